The van der Waals surface area contributed by atoms with Crippen LogP contribution >= 0.6 is 0 Å². The van der Waals surface area contributed by atoms with Gasteiger partial charge in [0.05, 0.1) is 0 Å². The largest absolute Gasteiger partial charge is 0.303 e. The molecule has 0 bridgehead atoms. The van der Waals surface area contributed by atoms with Crippen LogP contribution in [0.25, 0.3) is 0 Å². The Labute approximate surface area is 130 Å². The molecule has 0 N–H and O–H groups in total. The third kappa shape index (κ3) is 3.19. The maximum atomic E-state index is 12.6. The summed E-state index contributed by atoms with van der Waals surface area (Å²) in [5.74, 6) is 1.66. The van der Waals surface area contributed by atoms with Crippen LogP contribution in [0.1, 0.15) is 52.4 Å². The molecule has 3 unspecified atom stereocenters. The molecule has 0 spiro atoms. The number of likely N-dealkylation sites (tertiary alicyclic amines) is 2. The van der Waals surface area contributed by atoms with Crippen molar-refractivity contribution in [2.75, 3.05) is 33.2 Å². The molecule has 0 radical (unpaired) electrons. The van der Waals surface area contributed by atoms with Crippen LogP contribution < -0.4 is 0 Å². The minimum absolute atomic E-state index is 0.0771. The molecule has 0 aromatic rings. The summed E-state index contributed by atoms with van der Waals surface area (Å²) < 4.78 is 0. The Morgan fingerprint density at radius 3 is 2.76 bits per heavy atom. The van der Waals surface area contributed by atoms with E-state index >= 15 is 0 Å². The zero-order valence-corrected chi connectivity index (χ0v) is 14.1. The van der Waals surface area contributed by atoms with E-state index in [1.165, 1.54) is 45.3 Å². The van der Waals surface area contributed by atoms with Crippen molar-refractivity contribution in [1.82, 2.24) is 9.80 Å². The normalized spacial score (nSPS) is 38.2. The van der Waals surface area contributed by atoms with E-state index in [-0.39, 0.29) is 5.41 Å². The summed E-state index contributed by atoms with van der Waals surface area (Å²) in [6, 6.07) is 0.800. The Morgan fingerprint density at radius 1 is 1.14 bits per heavy atom. The van der Waals surface area contributed by atoms with Crippen molar-refractivity contribution in [3.63, 3.8) is 0 Å². The Balaban J connectivity index is 1.58. The Bertz CT molecular complexity index is 393. The Kier molecular flexibility index (Phi) is 4.42. The first-order chi connectivity index (χ1) is 9.97. The molecular weight excluding hydrogens is 260 g/mol. The summed E-state index contributed by atoms with van der Waals surface area (Å²) in [5.41, 5.74) is -0.0771. The number of Topliss-reactive ketones (excluding diaryl/α,β-unsaturated/α-hetero) is 1. The second-order valence-corrected chi connectivity index (χ2v) is 8.34. The zero-order valence-electron chi connectivity index (χ0n) is 14.1. The van der Waals surface area contributed by atoms with Crippen LogP contribution in [0.4, 0.5) is 0 Å². The van der Waals surface area contributed by atoms with Crippen LogP contribution in [0, 0.1) is 17.3 Å². The fourth-order valence-corrected chi connectivity index (χ4v) is 4.98. The predicted molar refractivity (Wildman–Crippen MR) is 86.3 cm³/mol. The van der Waals surface area contributed by atoms with E-state index in [1.54, 1.807) is 0 Å². The van der Waals surface area contributed by atoms with Crippen LogP contribution in [-0.2, 0) is 4.79 Å². The van der Waals surface area contributed by atoms with Crippen molar-refractivity contribution in [1.29, 1.82) is 0 Å². The average molecular weight is 292 g/mol. The SMILES string of the molecule is CN1CCCC2CN(CC3CCCC(C)(C)C3=O)CCC21. The minimum Gasteiger partial charge on any atom is -0.303 e. The number of hydrogen-bond acceptors (Lipinski definition) is 3. The standard InChI is InChI=1S/C18H32N2O/c1-18(2)9-4-6-15(17(18)21)13-20-11-8-16-14(12-20)7-5-10-19(16)3/h14-16H,4-13H2,1-3H3. The van der Waals surface area contributed by atoms with Crippen molar-refractivity contribution in [3.8, 4) is 0 Å². The predicted octanol–water partition coefficient (Wildman–Crippen LogP) is 2.80. The summed E-state index contributed by atoms with van der Waals surface area (Å²) in [5, 5.41) is 0. The highest BCUT2D eigenvalue weighted by molar-refractivity contribution is 5.87. The minimum atomic E-state index is -0.0771. The molecule has 3 rings (SSSR count). The van der Waals surface area contributed by atoms with E-state index in [4.69, 9.17) is 0 Å². The van der Waals surface area contributed by atoms with Crippen molar-refractivity contribution >= 4 is 5.78 Å². The van der Waals surface area contributed by atoms with Gasteiger partial charge >= 0.3 is 0 Å². The second kappa shape index (κ2) is 6.00. The number of carbonyl (C=O) groups is 1. The van der Waals surface area contributed by atoms with Crippen molar-refractivity contribution in [3.05, 3.63) is 0 Å². The number of rotatable bonds is 2. The number of fused-ring (bicyclic) bond motifs is 1. The third-order valence-corrected chi connectivity index (χ3v) is 6.30. The first kappa shape index (κ1) is 15.5. The Hall–Kier alpha value is -0.410. The molecule has 0 amide bonds. The maximum absolute atomic E-state index is 12.6. The van der Waals surface area contributed by atoms with Gasteiger partial charge in [-0.3, -0.25) is 4.79 Å². The van der Waals surface area contributed by atoms with Crippen LogP contribution in [0.3, 0.4) is 0 Å². The zero-order chi connectivity index (χ0) is 15.0. The van der Waals surface area contributed by atoms with Crippen LogP contribution in [0.15, 0.2) is 0 Å². The smallest absolute Gasteiger partial charge is 0.142 e. The van der Waals surface area contributed by atoms with Crippen LogP contribution in [-0.4, -0.2) is 54.9 Å². The van der Waals surface area contributed by atoms with Crippen LogP contribution in [0.2, 0.25) is 0 Å². The van der Waals surface area contributed by atoms with Gasteiger partial charge in [-0.2, -0.15) is 0 Å². The highest BCUT2D eigenvalue weighted by atomic mass is 16.1. The lowest BCUT2D eigenvalue weighted by atomic mass is 9.70. The quantitative estimate of drug-likeness (QED) is 0.782. The van der Waals surface area contributed by atoms with E-state index in [0.29, 0.717) is 11.7 Å². The van der Waals surface area contributed by atoms with Gasteiger partial charge in [0.15, 0.2) is 0 Å². The topological polar surface area (TPSA) is 23.6 Å². The molecule has 3 heteroatoms. The second-order valence-electron chi connectivity index (χ2n) is 8.34. The lowest BCUT2D eigenvalue weighted by molar-refractivity contribution is -0.135. The molecule has 2 aliphatic heterocycles. The molecule has 3 atom stereocenters. The highest BCUT2D eigenvalue weighted by Gasteiger charge is 2.40. The molecule has 1 saturated carbocycles. The molecule has 3 fully saturated rings. The van der Waals surface area contributed by atoms with Gasteiger partial charge in [0.2, 0.25) is 0 Å². The van der Waals surface area contributed by atoms with Crippen molar-refractivity contribution < 1.29 is 4.79 Å². The molecule has 3 nitrogen and oxygen atoms in total. The fraction of sp³-hybridized carbons (Fsp3) is 0.944. The summed E-state index contributed by atoms with van der Waals surface area (Å²) >= 11 is 0. The molecule has 1 aliphatic carbocycles. The van der Waals surface area contributed by atoms with Gasteiger partial charge in [-0.1, -0.05) is 20.3 Å². The van der Waals surface area contributed by atoms with Gasteiger partial charge < -0.3 is 9.80 Å². The lowest BCUT2D eigenvalue weighted by Crippen LogP contribution is -2.54. The summed E-state index contributed by atoms with van der Waals surface area (Å²) in [6.07, 6.45) is 7.46. The van der Waals surface area contributed by atoms with Crippen molar-refractivity contribution in [2.45, 2.75) is 58.4 Å². The van der Waals surface area contributed by atoms with E-state index in [9.17, 15) is 4.79 Å². The molecule has 21 heavy (non-hydrogen) atoms. The molecule has 0 aromatic carbocycles. The number of hydrogen-bond donors (Lipinski definition) is 0. The van der Waals surface area contributed by atoms with Gasteiger partial charge in [0.25, 0.3) is 0 Å². The summed E-state index contributed by atoms with van der Waals surface area (Å²) in [6.45, 7) is 8.99. The van der Waals surface area contributed by atoms with E-state index in [2.05, 4.69) is 30.7 Å². The van der Waals surface area contributed by atoms with E-state index in [0.717, 1.165) is 31.3 Å². The van der Waals surface area contributed by atoms with Gasteiger partial charge in [0, 0.05) is 30.5 Å². The average Bonchev–Trinajstić information content (AvgIpc) is 2.44. The lowest BCUT2D eigenvalue weighted by Gasteiger charge is -2.47. The molecule has 2 saturated heterocycles. The van der Waals surface area contributed by atoms with E-state index in [1.807, 2.05) is 0 Å². The monoisotopic (exact) mass is 292 g/mol. The number of nitrogens with zero attached hydrogens (tertiary/aromatic N) is 2. The molecule has 2 heterocycles. The fourth-order valence-electron chi connectivity index (χ4n) is 4.98. The molecular formula is C18H32N2O. The maximum Gasteiger partial charge on any atom is 0.142 e. The first-order valence-corrected chi connectivity index (χ1v) is 8.94. The highest BCUT2D eigenvalue weighted by Crippen LogP contribution is 2.37. The third-order valence-electron chi connectivity index (χ3n) is 6.30. The van der Waals surface area contributed by atoms with E-state index < -0.39 is 0 Å². The number of piperidine rings is 2. The number of ketones is 1. The van der Waals surface area contributed by atoms with Gasteiger partial charge in [-0.25, -0.2) is 0 Å². The van der Waals surface area contributed by atoms with Crippen LogP contribution in [0.5, 0.6) is 0 Å². The first-order valence-electron chi connectivity index (χ1n) is 8.94. The molecule has 0 aromatic heterocycles. The Morgan fingerprint density at radius 2 is 1.95 bits per heavy atom. The molecule has 3 aliphatic rings. The summed E-state index contributed by atoms with van der Waals surface area (Å²) in [7, 11) is 2.29. The van der Waals surface area contributed by atoms with Gasteiger partial charge in [0.1, 0.15) is 5.78 Å². The van der Waals surface area contributed by atoms with Gasteiger partial charge in [-0.05, 0) is 58.2 Å². The summed E-state index contributed by atoms with van der Waals surface area (Å²) in [4.78, 5) is 17.8. The molecule has 120 valence electrons. The number of carbonyl (C=O) groups excluding carboxylic acids is 1. The van der Waals surface area contributed by atoms with Crippen molar-refractivity contribution in [2.24, 2.45) is 17.3 Å². The van der Waals surface area contributed by atoms with Gasteiger partial charge in [-0.15, -0.1) is 0 Å².